The van der Waals surface area contributed by atoms with Crippen molar-refractivity contribution in [2.75, 3.05) is 26.2 Å². The number of ether oxygens (including phenoxy) is 1. The van der Waals surface area contributed by atoms with E-state index in [4.69, 9.17) is 16.3 Å². The smallest absolute Gasteiger partial charge is 0.317 e. The van der Waals surface area contributed by atoms with Crippen molar-refractivity contribution in [1.29, 1.82) is 0 Å². The number of halogens is 1. The van der Waals surface area contributed by atoms with Gasteiger partial charge >= 0.3 is 6.03 Å². The van der Waals surface area contributed by atoms with Gasteiger partial charge in [-0.1, -0.05) is 11.6 Å². The lowest BCUT2D eigenvalue weighted by Gasteiger charge is -2.16. The average molecular weight is 283 g/mol. The van der Waals surface area contributed by atoms with Crippen LogP contribution in [0.5, 0.6) is 5.75 Å². The Morgan fingerprint density at radius 2 is 2.16 bits per heavy atom. The first-order valence-electron chi connectivity index (χ1n) is 6.58. The van der Waals surface area contributed by atoms with Gasteiger partial charge in [0.05, 0.1) is 6.54 Å². The first-order chi connectivity index (χ1) is 9.16. The van der Waals surface area contributed by atoms with Gasteiger partial charge in [0.15, 0.2) is 0 Å². The molecule has 1 aliphatic heterocycles. The Morgan fingerprint density at radius 3 is 2.84 bits per heavy atom. The quantitative estimate of drug-likeness (QED) is 0.863. The topological polar surface area (TPSA) is 41.6 Å². The summed E-state index contributed by atoms with van der Waals surface area (Å²) in [6.07, 6.45) is 2.21. The molecule has 0 aromatic heterocycles. The summed E-state index contributed by atoms with van der Waals surface area (Å²) in [7, 11) is 0. The number of nitrogens with one attached hydrogen (secondary N) is 1. The van der Waals surface area contributed by atoms with E-state index in [1.54, 1.807) is 0 Å². The minimum atomic E-state index is 0.00777. The van der Waals surface area contributed by atoms with Gasteiger partial charge in [-0.15, -0.1) is 0 Å². The highest BCUT2D eigenvalue weighted by Crippen LogP contribution is 2.20. The first kappa shape index (κ1) is 14.0. The number of aryl methyl sites for hydroxylation is 1. The molecule has 0 aliphatic carbocycles. The van der Waals surface area contributed by atoms with Crippen LogP contribution in [0.3, 0.4) is 0 Å². The molecule has 5 heteroatoms. The molecular weight excluding hydrogens is 264 g/mol. The molecule has 1 fully saturated rings. The number of hydrogen-bond acceptors (Lipinski definition) is 2. The van der Waals surface area contributed by atoms with Crippen molar-refractivity contribution in [3.63, 3.8) is 0 Å². The second kappa shape index (κ2) is 6.66. The van der Waals surface area contributed by atoms with E-state index in [0.717, 1.165) is 42.3 Å². The Kier molecular flexibility index (Phi) is 4.91. The molecular formula is C14H19ClN2O2. The molecule has 2 amide bonds. The molecule has 1 saturated heterocycles. The van der Waals surface area contributed by atoms with Crippen LogP contribution < -0.4 is 10.1 Å². The third-order valence-electron chi connectivity index (χ3n) is 3.17. The lowest BCUT2D eigenvalue weighted by atomic mass is 10.2. The molecule has 1 heterocycles. The van der Waals surface area contributed by atoms with Crippen LogP contribution in [0.1, 0.15) is 18.4 Å². The molecule has 0 unspecified atom stereocenters. The van der Waals surface area contributed by atoms with Crippen LogP contribution in [0.2, 0.25) is 5.02 Å². The molecule has 0 atom stereocenters. The molecule has 1 aliphatic rings. The van der Waals surface area contributed by atoms with E-state index in [2.05, 4.69) is 5.32 Å². The number of nitrogens with zero attached hydrogens (tertiary/aromatic N) is 1. The van der Waals surface area contributed by atoms with Crippen molar-refractivity contribution in [2.24, 2.45) is 0 Å². The van der Waals surface area contributed by atoms with Gasteiger partial charge in [-0.25, -0.2) is 4.79 Å². The maximum absolute atomic E-state index is 11.7. The number of amides is 2. The number of likely N-dealkylation sites (tertiary alicyclic amines) is 1. The van der Waals surface area contributed by atoms with Crippen molar-refractivity contribution >= 4 is 17.6 Å². The number of hydrogen-bond donors (Lipinski definition) is 1. The molecule has 0 radical (unpaired) electrons. The molecule has 1 aromatic carbocycles. The van der Waals surface area contributed by atoms with Crippen LogP contribution in [0.15, 0.2) is 18.2 Å². The molecule has 19 heavy (non-hydrogen) atoms. The van der Waals surface area contributed by atoms with E-state index in [-0.39, 0.29) is 6.03 Å². The minimum absolute atomic E-state index is 0.00777. The highest BCUT2D eigenvalue weighted by Gasteiger charge is 2.16. The minimum Gasteiger partial charge on any atom is -0.492 e. The van der Waals surface area contributed by atoms with E-state index in [9.17, 15) is 4.79 Å². The van der Waals surface area contributed by atoms with Gasteiger partial charge in [0.2, 0.25) is 0 Å². The Hall–Kier alpha value is -1.42. The molecule has 4 nitrogen and oxygen atoms in total. The van der Waals surface area contributed by atoms with Crippen LogP contribution >= 0.6 is 11.6 Å². The SMILES string of the molecule is Cc1cc(OCCNC(=O)N2CCCC2)ccc1Cl. The monoisotopic (exact) mass is 282 g/mol. The maximum atomic E-state index is 11.7. The average Bonchev–Trinajstić information content (AvgIpc) is 2.92. The van der Waals surface area contributed by atoms with E-state index < -0.39 is 0 Å². The van der Waals surface area contributed by atoms with Crippen molar-refractivity contribution in [1.82, 2.24) is 10.2 Å². The summed E-state index contributed by atoms with van der Waals surface area (Å²) in [5.74, 6) is 0.775. The molecule has 0 saturated carbocycles. The predicted octanol–water partition coefficient (Wildman–Crippen LogP) is 2.83. The number of benzene rings is 1. The molecule has 1 aromatic rings. The van der Waals surface area contributed by atoms with E-state index >= 15 is 0 Å². The van der Waals surface area contributed by atoms with Gasteiger partial charge in [-0.05, 0) is 43.5 Å². The molecule has 0 spiro atoms. The Morgan fingerprint density at radius 1 is 1.42 bits per heavy atom. The van der Waals surface area contributed by atoms with Gasteiger partial charge in [0.25, 0.3) is 0 Å². The Bertz CT molecular complexity index is 445. The summed E-state index contributed by atoms with van der Waals surface area (Å²) in [4.78, 5) is 13.5. The van der Waals surface area contributed by atoms with Crippen LogP contribution in [0.25, 0.3) is 0 Å². The van der Waals surface area contributed by atoms with Crippen LogP contribution in [-0.4, -0.2) is 37.2 Å². The molecule has 0 bridgehead atoms. The summed E-state index contributed by atoms with van der Waals surface area (Å²) < 4.78 is 5.56. The zero-order chi connectivity index (χ0) is 13.7. The second-order valence-electron chi connectivity index (χ2n) is 4.69. The van der Waals surface area contributed by atoms with Crippen LogP contribution in [0.4, 0.5) is 4.79 Å². The van der Waals surface area contributed by atoms with E-state index in [1.807, 2.05) is 30.0 Å². The number of carbonyl (C=O) groups is 1. The van der Waals surface area contributed by atoms with Gasteiger partial charge in [-0.3, -0.25) is 0 Å². The Balaban J connectivity index is 1.68. The van der Waals surface area contributed by atoms with Crippen molar-refractivity contribution < 1.29 is 9.53 Å². The van der Waals surface area contributed by atoms with Crippen molar-refractivity contribution in [2.45, 2.75) is 19.8 Å². The lowest BCUT2D eigenvalue weighted by molar-refractivity contribution is 0.205. The van der Waals surface area contributed by atoms with Gasteiger partial charge < -0.3 is 15.0 Å². The van der Waals surface area contributed by atoms with Gasteiger partial charge in [-0.2, -0.15) is 0 Å². The van der Waals surface area contributed by atoms with Crippen molar-refractivity contribution in [3.05, 3.63) is 28.8 Å². The summed E-state index contributed by atoms with van der Waals surface area (Å²) in [6.45, 7) is 4.63. The summed E-state index contributed by atoms with van der Waals surface area (Å²) in [5.41, 5.74) is 0.986. The first-order valence-corrected chi connectivity index (χ1v) is 6.96. The fourth-order valence-corrected chi connectivity index (χ4v) is 2.18. The number of urea groups is 1. The number of carbonyl (C=O) groups excluding carboxylic acids is 1. The highest BCUT2D eigenvalue weighted by molar-refractivity contribution is 6.31. The highest BCUT2D eigenvalue weighted by atomic mass is 35.5. The normalized spacial score (nSPS) is 14.5. The zero-order valence-corrected chi connectivity index (χ0v) is 11.9. The summed E-state index contributed by atoms with van der Waals surface area (Å²) >= 11 is 5.94. The lowest BCUT2D eigenvalue weighted by Crippen LogP contribution is -2.39. The van der Waals surface area contributed by atoms with E-state index in [0.29, 0.717) is 13.2 Å². The standard InChI is InChI=1S/C14H19ClN2O2/c1-11-10-12(4-5-13(11)15)19-9-6-16-14(18)17-7-2-3-8-17/h4-5,10H,2-3,6-9H2,1H3,(H,16,18). The second-order valence-corrected chi connectivity index (χ2v) is 5.09. The third-order valence-corrected chi connectivity index (χ3v) is 3.59. The summed E-state index contributed by atoms with van der Waals surface area (Å²) in [5, 5.41) is 3.59. The van der Waals surface area contributed by atoms with Crippen LogP contribution in [-0.2, 0) is 0 Å². The predicted molar refractivity (Wildman–Crippen MR) is 75.9 cm³/mol. The Labute approximate surface area is 118 Å². The fraction of sp³-hybridized carbons (Fsp3) is 0.500. The molecule has 104 valence electrons. The molecule has 2 rings (SSSR count). The summed E-state index contributed by atoms with van der Waals surface area (Å²) in [6, 6.07) is 5.55. The number of rotatable bonds is 4. The molecule has 1 N–H and O–H groups in total. The zero-order valence-electron chi connectivity index (χ0n) is 11.1. The third kappa shape index (κ3) is 4.03. The fourth-order valence-electron chi connectivity index (χ4n) is 2.07. The van der Waals surface area contributed by atoms with Gasteiger partial charge in [0, 0.05) is 18.1 Å². The van der Waals surface area contributed by atoms with Crippen LogP contribution in [0, 0.1) is 6.92 Å². The maximum Gasteiger partial charge on any atom is 0.317 e. The van der Waals surface area contributed by atoms with Crippen molar-refractivity contribution in [3.8, 4) is 5.75 Å². The van der Waals surface area contributed by atoms with Gasteiger partial charge in [0.1, 0.15) is 12.4 Å². The van der Waals surface area contributed by atoms with E-state index in [1.165, 1.54) is 0 Å². The largest absolute Gasteiger partial charge is 0.492 e.